The average Bonchev–Trinajstić information content (AvgIpc) is 2.39. The molecule has 22 heavy (non-hydrogen) atoms. The van der Waals surface area contributed by atoms with Gasteiger partial charge in [-0.1, -0.05) is 0 Å². The van der Waals surface area contributed by atoms with Crippen molar-refractivity contribution in [3.05, 3.63) is 0 Å². The lowest BCUT2D eigenvalue weighted by atomic mass is 10.1. The van der Waals surface area contributed by atoms with E-state index in [1.807, 2.05) is 5.32 Å². The number of nitrogens with one attached hydrogen (secondary N) is 2. The standard InChI is InChI=1S/C12H23N3O7/c1-4(16)7(13)10(19)14-8(5(2)17)11(20)15-9(6(3)18)12(21)22/h4-9,16-18H,13H2,1-3H3,(H,14,19)(H,15,20)(H,21,22)/t4-,5+,6+,7+,8-,9-/m0/s1. The van der Waals surface area contributed by atoms with E-state index >= 15 is 0 Å². The molecule has 0 spiro atoms. The molecule has 0 saturated heterocycles. The second-order valence-electron chi connectivity index (χ2n) is 5.06. The molecule has 0 aliphatic rings. The Labute approximate surface area is 127 Å². The van der Waals surface area contributed by atoms with E-state index < -0.39 is 54.2 Å². The second kappa shape index (κ2) is 8.63. The Hall–Kier alpha value is -1.75. The van der Waals surface area contributed by atoms with E-state index in [9.17, 15) is 29.7 Å². The van der Waals surface area contributed by atoms with Gasteiger partial charge in [0.2, 0.25) is 11.8 Å². The molecule has 6 atom stereocenters. The monoisotopic (exact) mass is 321 g/mol. The third-order valence-corrected chi connectivity index (χ3v) is 2.93. The van der Waals surface area contributed by atoms with Gasteiger partial charge in [0.1, 0.15) is 12.1 Å². The molecule has 0 aromatic rings. The van der Waals surface area contributed by atoms with Gasteiger partial charge in [-0.25, -0.2) is 4.79 Å². The molecule has 8 N–H and O–H groups in total. The van der Waals surface area contributed by atoms with Crippen molar-refractivity contribution in [3.8, 4) is 0 Å². The molecule has 10 nitrogen and oxygen atoms in total. The lowest BCUT2D eigenvalue weighted by Gasteiger charge is -2.25. The van der Waals surface area contributed by atoms with Crippen LogP contribution in [0.25, 0.3) is 0 Å². The first-order valence-corrected chi connectivity index (χ1v) is 6.62. The van der Waals surface area contributed by atoms with Crippen LogP contribution in [0.15, 0.2) is 0 Å². The molecular formula is C12H23N3O7. The minimum Gasteiger partial charge on any atom is -0.480 e. The first-order valence-electron chi connectivity index (χ1n) is 6.62. The van der Waals surface area contributed by atoms with Crippen LogP contribution in [0.4, 0.5) is 0 Å². The van der Waals surface area contributed by atoms with Crippen molar-refractivity contribution in [2.75, 3.05) is 0 Å². The zero-order valence-electron chi connectivity index (χ0n) is 12.6. The molecular weight excluding hydrogens is 298 g/mol. The van der Waals surface area contributed by atoms with Gasteiger partial charge in [0, 0.05) is 0 Å². The lowest BCUT2D eigenvalue weighted by Crippen LogP contribution is -2.60. The van der Waals surface area contributed by atoms with Crippen LogP contribution in [0.1, 0.15) is 20.8 Å². The van der Waals surface area contributed by atoms with Gasteiger partial charge >= 0.3 is 5.97 Å². The first-order chi connectivity index (χ1) is 9.98. The van der Waals surface area contributed by atoms with Crippen molar-refractivity contribution in [3.63, 3.8) is 0 Å². The number of carbonyl (C=O) groups is 3. The number of aliphatic carboxylic acids is 1. The van der Waals surface area contributed by atoms with Gasteiger partial charge in [-0.3, -0.25) is 9.59 Å². The minimum absolute atomic E-state index is 0.889. The second-order valence-corrected chi connectivity index (χ2v) is 5.06. The maximum Gasteiger partial charge on any atom is 0.328 e. The van der Waals surface area contributed by atoms with Crippen LogP contribution >= 0.6 is 0 Å². The zero-order chi connectivity index (χ0) is 17.6. The van der Waals surface area contributed by atoms with E-state index in [1.54, 1.807) is 0 Å². The topological polar surface area (TPSA) is 182 Å². The van der Waals surface area contributed by atoms with Crippen LogP contribution in [-0.2, 0) is 14.4 Å². The molecule has 0 rings (SSSR count). The van der Waals surface area contributed by atoms with E-state index in [0.29, 0.717) is 0 Å². The number of rotatable bonds is 8. The molecule has 2 amide bonds. The summed E-state index contributed by atoms with van der Waals surface area (Å²) in [6, 6.07) is -4.41. The summed E-state index contributed by atoms with van der Waals surface area (Å²) in [4.78, 5) is 34.6. The first kappa shape index (κ1) is 20.2. The summed E-state index contributed by atoms with van der Waals surface area (Å²) in [5.41, 5.74) is 5.40. The van der Waals surface area contributed by atoms with Gasteiger partial charge in [-0.05, 0) is 20.8 Å². The lowest BCUT2D eigenvalue weighted by molar-refractivity contribution is -0.145. The van der Waals surface area contributed by atoms with Crippen molar-refractivity contribution in [2.24, 2.45) is 5.73 Å². The largest absolute Gasteiger partial charge is 0.480 e. The van der Waals surface area contributed by atoms with Gasteiger partial charge in [0.25, 0.3) is 0 Å². The Morgan fingerprint density at radius 2 is 1.23 bits per heavy atom. The number of carboxylic acid groups (broad SMARTS) is 1. The Balaban J connectivity index is 4.99. The molecule has 10 heteroatoms. The molecule has 128 valence electrons. The number of carbonyl (C=O) groups excluding carboxylic acids is 2. The highest BCUT2D eigenvalue weighted by atomic mass is 16.4. The Bertz CT molecular complexity index is 412. The molecule has 0 radical (unpaired) electrons. The fourth-order valence-electron chi connectivity index (χ4n) is 1.51. The fourth-order valence-corrected chi connectivity index (χ4v) is 1.51. The van der Waals surface area contributed by atoms with Crippen molar-refractivity contribution < 1.29 is 34.8 Å². The summed E-state index contributed by atoms with van der Waals surface area (Å²) < 4.78 is 0. The average molecular weight is 321 g/mol. The van der Waals surface area contributed by atoms with Crippen LogP contribution in [0.2, 0.25) is 0 Å². The molecule has 0 unspecified atom stereocenters. The summed E-state index contributed by atoms with van der Waals surface area (Å²) in [6.45, 7) is 3.64. The number of nitrogens with two attached hydrogens (primary N) is 1. The van der Waals surface area contributed by atoms with Crippen LogP contribution in [-0.4, -0.2) is 74.6 Å². The van der Waals surface area contributed by atoms with Crippen molar-refractivity contribution >= 4 is 17.8 Å². The van der Waals surface area contributed by atoms with Crippen LogP contribution in [0.5, 0.6) is 0 Å². The third kappa shape index (κ3) is 5.93. The maximum absolute atomic E-state index is 12.0. The molecule has 0 fully saturated rings. The predicted octanol–water partition coefficient (Wildman–Crippen LogP) is -3.49. The minimum atomic E-state index is -1.60. The molecule has 0 aliphatic heterocycles. The summed E-state index contributed by atoms with van der Waals surface area (Å²) >= 11 is 0. The van der Waals surface area contributed by atoms with Gasteiger partial charge in [0.15, 0.2) is 6.04 Å². The fraction of sp³-hybridized carbons (Fsp3) is 0.750. The van der Waals surface area contributed by atoms with E-state index in [1.165, 1.54) is 20.8 Å². The van der Waals surface area contributed by atoms with Crippen LogP contribution in [0.3, 0.4) is 0 Å². The van der Waals surface area contributed by atoms with Gasteiger partial charge in [-0.2, -0.15) is 0 Å². The van der Waals surface area contributed by atoms with E-state index in [2.05, 4.69) is 5.32 Å². The summed E-state index contributed by atoms with van der Waals surface area (Å²) in [7, 11) is 0. The zero-order valence-corrected chi connectivity index (χ0v) is 12.6. The molecule has 0 saturated carbocycles. The van der Waals surface area contributed by atoms with Crippen molar-refractivity contribution in [1.29, 1.82) is 0 Å². The van der Waals surface area contributed by atoms with Crippen molar-refractivity contribution in [1.82, 2.24) is 10.6 Å². The van der Waals surface area contributed by atoms with Gasteiger partial charge in [0.05, 0.1) is 18.3 Å². The highest BCUT2D eigenvalue weighted by Gasteiger charge is 2.33. The number of hydrogen-bond donors (Lipinski definition) is 7. The molecule has 0 aromatic heterocycles. The van der Waals surface area contributed by atoms with E-state index in [4.69, 9.17) is 10.8 Å². The molecule has 0 aromatic carbocycles. The Kier molecular flexibility index (Phi) is 7.95. The number of aliphatic hydroxyl groups excluding tert-OH is 3. The SMILES string of the molecule is C[C@H](O)[C@@H](N)C(=O)N[C@H](C(=O)N[C@H](C(=O)O)[C@@H](C)O)[C@@H](C)O. The maximum atomic E-state index is 12.0. The quantitative estimate of drug-likeness (QED) is 0.240. The Morgan fingerprint density at radius 3 is 1.55 bits per heavy atom. The Morgan fingerprint density at radius 1 is 0.818 bits per heavy atom. The van der Waals surface area contributed by atoms with E-state index in [0.717, 1.165) is 0 Å². The highest BCUT2D eigenvalue weighted by Crippen LogP contribution is 2.00. The third-order valence-electron chi connectivity index (χ3n) is 2.93. The van der Waals surface area contributed by atoms with Crippen LogP contribution < -0.4 is 16.4 Å². The number of amides is 2. The number of hydrogen-bond acceptors (Lipinski definition) is 7. The predicted molar refractivity (Wildman–Crippen MR) is 74.5 cm³/mol. The number of carboxylic acids is 1. The summed E-state index contributed by atoms with van der Waals surface area (Å²) in [5.74, 6) is -3.37. The van der Waals surface area contributed by atoms with Gasteiger partial charge < -0.3 is 36.8 Å². The van der Waals surface area contributed by atoms with Crippen LogP contribution in [0, 0.1) is 0 Å². The molecule has 0 heterocycles. The smallest absolute Gasteiger partial charge is 0.328 e. The normalized spacial score (nSPS) is 19.2. The van der Waals surface area contributed by atoms with E-state index in [-0.39, 0.29) is 0 Å². The highest BCUT2D eigenvalue weighted by molar-refractivity contribution is 5.92. The van der Waals surface area contributed by atoms with Crippen molar-refractivity contribution in [2.45, 2.75) is 57.2 Å². The molecule has 0 bridgehead atoms. The summed E-state index contributed by atoms with van der Waals surface area (Å²) in [6.07, 6.45) is -3.91. The molecule has 0 aliphatic carbocycles. The van der Waals surface area contributed by atoms with Gasteiger partial charge in [-0.15, -0.1) is 0 Å². The number of aliphatic hydroxyl groups is 3. The summed E-state index contributed by atoms with van der Waals surface area (Å²) in [5, 5.41) is 41.1.